The largest absolute Gasteiger partial charge is 0.376 e. The molecule has 138 valence electrons. The zero-order valence-corrected chi connectivity index (χ0v) is 15.7. The third kappa shape index (κ3) is 3.98. The maximum Gasteiger partial charge on any atom is 0.0731 e. The third-order valence-electron chi connectivity index (χ3n) is 6.01. The molecule has 0 N–H and O–H groups in total. The van der Waals surface area contributed by atoms with E-state index in [1.807, 2.05) is 18.5 Å². The van der Waals surface area contributed by atoms with Crippen molar-refractivity contribution in [1.29, 1.82) is 0 Å². The molecule has 0 radical (unpaired) electrons. The van der Waals surface area contributed by atoms with Gasteiger partial charge in [-0.3, -0.25) is 9.88 Å². The van der Waals surface area contributed by atoms with E-state index in [0.717, 1.165) is 25.3 Å². The van der Waals surface area contributed by atoms with Crippen molar-refractivity contribution in [3.63, 3.8) is 0 Å². The molecule has 2 aromatic rings. The lowest BCUT2D eigenvalue weighted by atomic mass is 9.77. The smallest absolute Gasteiger partial charge is 0.0731 e. The predicted octanol–water partition coefficient (Wildman–Crippen LogP) is 3.05. The van der Waals surface area contributed by atoms with Gasteiger partial charge in [0.05, 0.1) is 13.2 Å². The highest BCUT2D eigenvalue weighted by atomic mass is 16.5. The van der Waals surface area contributed by atoms with E-state index in [1.54, 1.807) is 0 Å². The molecule has 1 aromatic heterocycles. The van der Waals surface area contributed by atoms with Crippen molar-refractivity contribution in [2.24, 2.45) is 11.3 Å². The average Bonchev–Trinajstić information content (AvgIpc) is 3.20. The number of aromatic nitrogens is 1. The van der Waals surface area contributed by atoms with Gasteiger partial charge in [0, 0.05) is 49.9 Å². The molecule has 1 spiro atoms. The van der Waals surface area contributed by atoms with Crippen molar-refractivity contribution < 1.29 is 4.74 Å². The van der Waals surface area contributed by atoms with Crippen molar-refractivity contribution in [3.8, 4) is 0 Å². The van der Waals surface area contributed by atoms with Gasteiger partial charge in [-0.1, -0.05) is 36.4 Å². The van der Waals surface area contributed by atoms with Crippen LogP contribution in [-0.4, -0.2) is 54.6 Å². The molecule has 26 heavy (non-hydrogen) atoms. The van der Waals surface area contributed by atoms with Crippen LogP contribution in [0.25, 0.3) is 0 Å². The molecule has 2 saturated heterocycles. The van der Waals surface area contributed by atoms with Crippen LogP contribution in [0.1, 0.15) is 17.5 Å². The van der Waals surface area contributed by atoms with Crippen LogP contribution in [0.3, 0.4) is 0 Å². The standard InChI is InChI=1S/C22H29N3O/c1-24-14-21(16-26-15-20-8-5-10-23-12-20)22(17-24)9-11-25(18-22)13-19-6-3-2-4-7-19/h2-8,10,12,21H,9,11,13-18H2,1H3/t21-,22+/m0/s1. The van der Waals surface area contributed by atoms with Crippen LogP contribution in [-0.2, 0) is 17.9 Å². The molecule has 2 atom stereocenters. The van der Waals surface area contributed by atoms with Gasteiger partial charge in [0.1, 0.15) is 0 Å². The molecule has 0 bridgehead atoms. The maximum atomic E-state index is 6.11. The average molecular weight is 351 g/mol. The Morgan fingerprint density at radius 3 is 2.77 bits per heavy atom. The molecule has 4 rings (SSSR count). The van der Waals surface area contributed by atoms with Gasteiger partial charge >= 0.3 is 0 Å². The zero-order valence-electron chi connectivity index (χ0n) is 15.7. The Morgan fingerprint density at radius 2 is 1.96 bits per heavy atom. The maximum absolute atomic E-state index is 6.11. The molecule has 2 fully saturated rings. The first kappa shape index (κ1) is 17.7. The Balaban J connectivity index is 1.35. The Hall–Kier alpha value is -1.75. The second-order valence-corrected chi connectivity index (χ2v) is 8.08. The van der Waals surface area contributed by atoms with Crippen molar-refractivity contribution in [2.75, 3.05) is 39.8 Å². The van der Waals surface area contributed by atoms with Crippen molar-refractivity contribution in [2.45, 2.75) is 19.6 Å². The monoisotopic (exact) mass is 351 g/mol. The van der Waals surface area contributed by atoms with E-state index in [9.17, 15) is 0 Å². The third-order valence-corrected chi connectivity index (χ3v) is 6.01. The summed E-state index contributed by atoms with van der Waals surface area (Å²) in [4.78, 5) is 9.29. The summed E-state index contributed by atoms with van der Waals surface area (Å²) >= 11 is 0. The van der Waals surface area contributed by atoms with E-state index in [-0.39, 0.29) is 0 Å². The molecule has 0 unspecified atom stereocenters. The highest BCUT2D eigenvalue weighted by molar-refractivity contribution is 5.15. The molecule has 1 aromatic carbocycles. The van der Waals surface area contributed by atoms with Gasteiger partial charge < -0.3 is 9.64 Å². The lowest BCUT2D eigenvalue weighted by molar-refractivity contribution is 0.0515. The first-order valence-corrected chi connectivity index (χ1v) is 9.65. The highest BCUT2D eigenvalue weighted by Gasteiger charge is 2.49. The first-order chi connectivity index (χ1) is 12.7. The van der Waals surface area contributed by atoms with Crippen molar-refractivity contribution >= 4 is 0 Å². The summed E-state index contributed by atoms with van der Waals surface area (Å²) in [5, 5.41) is 0. The SMILES string of the molecule is CN1C[C@@H](COCc2cccnc2)[C@]2(CCN(Cc3ccccc3)C2)C1. The van der Waals surface area contributed by atoms with Crippen LogP contribution in [0.5, 0.6) is 0 Å². The summed E-state index contributed by atoms with van der Waals surface area (Å²) in [6.07, 6.45) is 4.99. The number of likely N-dealkylation sites (tertiary alicyclic amines) is 2. The molecule has 0 saturated carbocycles. The minimum Gasteiger partial charge on any atom is -0.376 e. The van der Waals surface area contributed by atoms with Gasteiger partial charge in [0.2, 0.25) is 0 Å². The second kappa shape index (κ2) is 7.87. The summed E-state index contributed by atoms with van der Waals surface area (Å²) in [6, 6.07) is 14.9. The summed E-state index contributed by atoms with van der Waals surface area (Å²) in [6.45, 7) is 7.30. The summed E-state index contributed by atoms with van der Waals surface area (Å²) in [5.41, 5.74) is 2.96. The summed E-state index contributed by atoms with van der Waals surface area (Å²) < 4.78 is 6.11. The Kier molecular flexibility index (Phi) is 5.34. The van der Waals surface area contributed by atoms with E-state index in [1.165, 1.54) is 31.6 Å². The Bertz CT molecular complexity index is 693. The van der Waals surface area contributed by atoms with Crippen LogP contribution >= 0.6 is 0 Å². The molecular weight excluding hydrogens is 322 g/mol. The second-order valence-electron chi connectivity index (χ2n) is 8.08. The fourth-order valence-corrected chi connectivity index (χ4v) is 4.76. The van der Waals surface area contributed by atoms with Crippen LogP contribution in [0, 0.1) is 11.3 Å². The fourth-order valence-electron chi connectivity index (χ4n) is 4.76. The topological polar surface area (TPSA) is 28.6 Å². The molecule has 0 amide bonds. The molecule has 2 aliphatic heterocycles. The molecule has 3 heterocycles. The Labute approximate surface area is 156 Å². The zero-order chi connectivity index (χ0) is 17.8. The highest BCUT2D eigenvalue weighted by Crippen LogP contribution is 2.43. The number of nitrogens with zero attached hydrogens (tertiary/aromatic N) is 3. The Morgan fingerprint density at radius 1 is 1.12 bits per heavy atom. The number of hydrogen-bond donors (Lipinski definition) is 0. The van der Waals surface area contributed by atoms with E-state index in [2.05, 4.69) is 58.2 Å². The molecule has 2 aliphatic rings. The summed E-state index contributed by atoms with van der Waals surface area (Å²) in [5.74, 6) is 0.616. The first-order valence-electron chi connectivity index (χ1n) is 9.65. The van der Waals surface area contributed by atoms with Crippen LogP contribution in [0.2, 0.25) is 0 Å². The minimum absolute atomic E-state index is 0.387. The van der Waals surface area contributed by atoms with Crippen LogP contribution < -0.4 is 0 Å². The molecular formula is C22H29N3O. The van der Waals surface area contributed by atoms with Crippen molar-refractivity contribution in [3.05, 3.63) is 66.0 Å². The van der Waals surface area contributed by atoms with Crippen LogP contribution in [0.4, 0.5) is 0 Å². The lowest BCUT2D eigenvalue weighted by Gasteiger charge is -2.30. The quantitative estimate of drug-likeness (QED) is 0.800. The number of pyridine rings is 1. The predicted molar refractivity (Wildman–Crippen MR) is 104 cm³/mol. The van der Waals surface area contributed by atoms with Gasteiger partial charge in [-0.15, -0.1) is 0 Å². The van der Waals surface area contributed by atoms with Gasteiger partial charge in [0.25, 0.3) is 0 Å². The number of ether oxygens (including phenoxy) is 1. The van der Waals surface area contributed by atoms with E-state index in [4.69, 9.17) is 4.74 Å². The normalized spacial score (nSPS) is 26.7. The summed E-state index contributed by atoms with van der Waals surface area (Å²) in [7, 11) is 2.25. The van der Waals surface area contributed by atoms with E-state index < -0.39 is 0 Å². The minimum atomic E-state index is 0.387. The van der Waals surface area contributed by atoms with Gasteiger partial charge in [-0.25, -0.2) is 0 Å². The van der Waals surface area contributed by atoms with E-state index in [0.29, 0.717) is 17.9 Å². The molecule has 4 heteroatoms. The lowest BCUT2D eigenvalue weighted by Crippen LogP contribution is -2.36. The van der Waals surface area contributed by atoms with Gasteiger partial charge in [-0.05, 0) is 37.2 Å². The molecule has 0 aliphatic carbocycles. The van der Waals surface area contributed by atoms with E-state index >= 15 is 0 Å². The number of hydrogen-bond acceptors (Lipinski definition) is 4. The van der Waals surface area contributed by atoms with Crippen LogP contribution in [0.15, 0.2) is 54.9 Å². The van der Waals surface area contributed by atoms with Gasteiger partial charge in [0.15, 0.2) is 0 Å². The van der Waals surface area contributed by atoms with Crippen molar-refractivity contribution in [1.82, 2.24) is 14.8 Å². The van der Waals surface area contributed by atoms with Gasteiger partial charge in [-0.2, -0.15) is 0 Å². The fraction of sp³-hybridized carbons (Fsp3) is 0.500. The number of benzene rings is 1. The number of rotatable bonds is 6. The molecule has 4 nitrogen and oxygen atoms in total.